The summed E-state index contributed by atoms with van der Waals surface area (Å²) < 4.78 is 1.69. The van der Waals surface area contributed by atoms with Gasteiger partial charge in [0.2, 0.25) is 0 Å². The SMILES string of the molecule is O=C(NCCn1cccn1)NC(CC1CC1)C(=O)O. The number of rotatable bonds is 7. The number of aromatic nitrogens is 2. The van der Waals surface area contributed by atoms with E-state index < -0.39 is 18.0 Å². The Hall–Kier alpha value is -2.05. The van der Waals surface area contributed by atoms with E-state index in [0.717, 1.165) is 12.8 Å². The topological polar surface area (TPSA) is 96.3 Å². The highest BCUT2D eigenvalue weighted by atomic mass is 16.4. The van der Waals surface area contributed by atoms with E-state index in [2.05, 4.69) is 15.7 Å². The lowest BCUT2D eigenvalue weighted by Crippen LogP contribution is -2.46. The van der Waals surface area contributed by atoms with Gasteiger partial charge in [-0.05, 0) is 18.4 Å². The number of hydrogen-bond donors (Lipinski definition) is 3. The summed E-state index contributed by atoms with van der Waals surface area (Å²) in [6, 6.07) is 0.563. The first kappa shape index (κ1) is 13.4. The number of carbonyl (C=O) groups is 2. The number of amides is 2. The number of aliphatic carboxylic acids is 1. The van der Waals surface area contributed by atoms with E-state index in [-0.39, 0.29) is 0 Å². The van der Waals surface area contributed by atoms with Crippen LogP contribution in [0.25, 0.3) is 0 Å². The van der Waals surface area contributed by atoms with Crippen molar-refractivity contribution in [1.29, 1.82) is 0 Å². The molecule has 0 radical (unpaired) electrons. The fourth-order valence-corrected chi connectivity index (χ4v) is 1.83. The fourth-order valence-electron chi connectivity index (χ4n) is 1.83. The molecule has 1 atom stereocenters. The molecule has 0 saturated heterocycles. The van der Waals surface area contributed by atoms with Gasteiger partial charge in [0, 0.05) is 18.9 Å². The van der Waals surface area contributed by atoms with Crippen molar-refractivity contribution in [3.63, 3.8) is 0 Å². The van der Waals surface area contributed by atoms with Gasteiger partial charge in [-0.15, -0.1) is 0 Å². The molecule has 0 bridgehead atoms. The van der Waals surface area contributed by atoms with E-state index in [9.17, 15) is 9.59 Å². The Balaban J connectivity index is 1.68. The molecule has 0 aliphatic heterocycles. The van der Waals surface area contributed by atoms with E-state index in [1.807, 2.05) is 0 Å². The number of carboxylic acids is 1. The zero-order valence-corrected chi connectivity index (χ0v) is 10.6. The van der Waals surface area contributed by atoms with Gasteiger partial charge in [-0.2, -0.15) is 5.10 Å². The molecule has 2 rings (SSSR count). The average Bonchev–Trinajstić information content (AvgIpc) is 3.02. The molecule has 1 aliphatic rings. The summed E-state index contributed by atoms with van der Waals surface area (Å²) in [6.07, 6.45) is 6.10. The van der Waals surface area contributed by atoms with Crippen LogP contribution in [0.1, 0.15) is 19.3 Å². The highest BCUT2D eigenvalue weighted by Crippen LogP contribution is 2.33. The van der Waals surface area contributed by atoms with Crippen molar-refractivity contribution >= 4 is 12.0 Å². The minimum Gasteiger partial charge on any atom is -0.480 e. The molecule has 1 fully saturated rings. The number of nitrogens with zero attached hydrogens (tertiary/aromatic N) is 2. The Kier molecular flexibility index (Phi) is 4.38. The number of carbonyl (C=O) groups excluding carboxylic acids is 1. The van der Waals surface area contributed by atoms with Gasteiger partial charge in [0.05, 0.1) is 6.54 Å². The number of carboxylic acid groups (broad SMARTS) is 1. The summed E-state index contributed by atoms with van der Waals surface area (Å²) in [5, 5.41) is 18.1. The largest absolute Gasteiger partial charge is 0.480 e. The van der Waals surface area contributed by atoms with Gasteiger partial charge >= 0.3 is 12.0 Å². The normalized spacial score (nSPS) is 15.8. The van der Waals surface area contributed by atoms with Crippen molar-refractivity contribution in [3.8, 4) is 0 Å². The predicted octanol–water partition coefficient (Wildman–Crippen LogP) is 0.436. The van der Waals surface area contributed by atoms with Gasteiger partial charge in [-0.3, -0.25) is 4.68 Å². The molecule has 1 aromatic heterocycles. The molecule has 0 aromatic carbocycles. The van der Waals surface area contributed by atoms with Crippen LogP contribution >= 0.6 is 0 Å². The van der Waals surface area contributed by atoms with E-state index >= 15 is 0 Å². The number of hydrogen-bond acceptors (Lipinski definition) is 3. The number of nitrogens with one attached hydrogen (secondary N) is 2. The minimum absolute atomic E-state index is 0.406. The van der Waals surface area contributed by atoms with Crippen molar-refractivity contribution in [2.24, 2.45) is 5.92 Å². The zero-order valence-electron chi connectivity index (χ0n) is 10.6. The van der Waals surface area contributed by atoms with E-state index in [1.165, 1.54) is 0 Å². The van der Waals surface area contributed by atoms with Gasteiger partial charge in [-0.1, -0.05) is 12.8 Å². The van der Waals surface area contributed by atoms with Crippen LogP contribution in [0.3, 0.4) is 0 Å². The molecule has 2 amide bonds. The summed E-state index contributed by atoms with van der Waals surface area (Å²) in [5.74, 6) is -0.528. The van der Waals surface area contributed by atoms with Crippen LogP contribution in [0.4, 0.5) is 4.79 Å². The second-order valence-corrected chi connectivity index (χ2v) is 4.74. The van der Waals surface area contributed by atoms with Crippen LogP contribution in [0.15, 0.2) is 18.5 Å². The molecule has 1 heterocycles. The smallest absolute Gasteiger partial charge is 0.326 e. The van der Waals surface area contributed by atoms with Crippen LogP contribution < -0.4 is 10.6 Å². The second-order valence-electron chi connectivity index (χ2n) is 4.74. The van der Waals surface area contributed by atoms with Crippen LogP contribution in [-0.4, -0.2) is 39.5 Å². The van der Waals surface area contributed by atoms with Crippen molar-refractivity contribution < 1.29 is 14.7 Å². The molecular formula is C12H18N4O3. The van der Waals surface area contributed by atoms with Gasteiger partial charge in [-0.25, -0.2) is 9.59 Å². The van der Waals surface area contributed by atoms with Crippen molar-refractivity contribution in [1.82, 2.24) is 20.4 Å². The first-order valence-corrected chi connectivity index (χ1v) is 6.40. The maximum absolute atomic E-state index is 11.6. The van der Waals surface area contributed by atoms with Crippen LogP contribution in [0, 0.1) is 5.92 Å². The second kappa shape index (κ2) is 6.21. The maximum atomic E-state index is 11.6. The molecule has 1 aliphatic carbocycles. The summed E-state index contributed by atoms with van der Waals surface area (Å²) in [6.45, 7) is 0.962. The van der Waals surface area contributed by atoms with Crippen LogP contribution in [0.5, 0.6) is 0 Å². The highest BCUT2D eigenvalue weighted by Gasteiger charge is 2.30. The lowest BCUT2D eigenvalue weighted by atomic mass is 10.1. The lowest BCUT2D eigenvalue weighted by molar-refractivity contribution is -0.139. The summed E-state index contributed by atoms with van der Waals surface area (Å²) >= 11 is 0. The van der Waals surface area contributed by atoms with Crippen LogP contribution in [-0.2, 0) is 11.3 Å². The maximum Gasteiger partial charge on any atom is 0.326 e. The molecule has 1 unspecified atom stereocenters. The predicted molar refractivity (Wildman–Crippen MR) is 67.5 cm³/mol. The molecule has 19 heavy (non-hydrogen) atoms. The molecule has 7 heteroatoms. The third kappa shape index (κ3) is 4.61. The Bertz CT molecular complexity index is 428. The third-order valence-electron chi connectivity index (χ3n) is 3.06. The Labute approximate surface area is 111 Å². The van der Waals surface area contributed by atoms with E-state index in [1.54, 1.807) is 23.1 Å². The highest BCUT2D eigenvalue weighted by molar-refractivity contribution is 5.82. The van der Waals surface area contributed by atoms with Gasteiger partial charge in [0.15, 0.2) is 0 Å². The first-order chi connectivity index (χ1) is 9.15. The number of urea groups is 1. The zero-order chi connectivity index (χ0) is 13.7. The Morgan fingerprint density at radius 1 is 1.47 bits per heavy atom. The standard InChI is InChI=1S/C12H18N4O3/c17-11(18)10(8-9-2-3-9)15-12(19)13-5-7-16-6-1-4-14-16/h1,4,6,9-10H,2-3,5,7-8H2,(H,17,18)(H2,13,15,19). The van der Waals surface area contributed by atoms with Gasteiger partial charge in [0.1, 0.15) is 6.04 Å². The van der Waals surface area contributed by atoms with Gasteiger partial charge in [0.25, 0.3) is 0 Å². The lowest BCUT2D eigenvalue weighted by Gasteiger charge is -2.14. The first-order valence-electron chi connectivity index (χ1n) is 6.40. The molecule has 7 nitrogen and oxygen atoms in total. The van der Waals surface area contributed by atoms with Crippen molar-refractivity contribution in [3.05, 3.63) is 18.5 Å². The van der Waals surface area contributed by atoms with Crippen molar-refractivity contribution in [2.75, 3.05) is 6.54 Å². The molecule has 1 saturated carbocycles. The van der Waals surface area contributed by atoms with E-state index in [4.69, 9.17) is 5.11 Å². The quantitative estimate of drug-likeness (QED) is 0.667. The molecule has 104 valence electrons. The van der Waals surface area contributed by atoms with Gasteiger partial charge < -0.3 is 15.7 Å². The summed E-state index contributed by atoms with van der Waals surface area (Å²) in [7, 11) is 0. The third-order valence-corrected chi connectivity index (χ3v) is 3.06. The Morgan fingerprint density at radius 3 is 2.84 bits per heavy atom. The molecule has 0 spiro atoms. The van der Waals surface area contributed by atoms with Crippen LogP contribution in [0.2, 0.25) is 0 Å². The monoisotopic (exact) mass is 266 g/mol. The molecular weight excluding hydrogens is 248 g/mol. The van der Waals surface area contributed by atoms with Crippen molar-refractivity contribution in [2.45, 2.75) is 31.8 Å². The average molecular weight is 266 g/mol. The van der Waals surface area contributed by atoms with E-state index in [0.29, 0.717) is 25.4 Å². The molecule has 1 aromatic rings. The Morgan fingerprint density at radius 2 is 2.26 bits per heavy atom. The fraction of sp³-hybridized carbons (Fsp3) is 0.583. The molecule has 3 N–H and O–H groups in total. The summed E-state index contributed by atoms with van der Waals surface area (Å²) in [4.78, 5) is 22.6. The minimum atomic E-state index is -0.978. The summed E-state index contributed by atoms with van der Waals surface area (Å²) in [5.41, 5.74) is 0.